The zero-order chi connectivity index (χ0) is 5.98. The number of methoxy groups -OCH3 is 1. The molecule has 1 rings (SSSR count). The van der Waals surface area contributed by atoms with E-state index in [0.717, 1.165) is 5.57 Å². The average molecular weight is 112 g/mol. The molecular formula is C5H8N2O. The molecule has 0 aromatic carbocycles. The highest BCUT2D eigenvalue weighted by Crippen LogP contribution is 2.13. The van der Waals surface area contributed by atoms with E-state index in [9.17, 15) is 0 Å². The molecule has 44 valence electrons. The van der Waals surface area contributed by atoms with E-state index >= 15 is 0 Å². The standard InChI is InChI=1S/C5H8N2O/c1-4-3-6-7-5(4)8-2/h3,5H,1-2H3. The van der Waals surface area contributed by atoms with Crippen LogP contribution in [0, 0.1) is 0 Å². The van der Waals surface area contributed by atoms with Crippen molar-refractivity contribution in [3.63, 3.8) is 0 Å². The maximum absolute atomic E-state index is 4.89. The summed E-state index contributed by atoms with van der Waals surface area (Å²) in [7, 11) is 1.62. The van der Waals surface area contributed by atoms with Gasteiger partial charge in [0, 0.05) is 7.11 Å². The van der Waals surface area contributed by atoms with Gasteiger partial charge >= 0.3 is 0 Å². The molecule has 0 N–H and O–H groups in total. The van der Waals surface area contributed by atoms with Crippen LogP contribution in [0.5, 0.6) is 0 Å². The van der Waals surface area contributed by atoms with Gasteiger partial charge in [0.2, 0.25) is 0 Å². The van der Waals surface area contributed by atoms with Crippen LogP contribution in [0.2, 0.25) is 0 Å². The second kappa shape index (κ2) is 2.05. The van der Waals surface area contributed by atoms with Gasteiger partial charge in [0.15, 0.2) is 6.23 Å². The van der Waals surface area contributed by atoms with E-state index < -0.39 is 0 Å². The van der Waals surface area contributed by atoms with Crippen LogP contribution < -0.4 is 0 Å². The van der Waals surface area contributed by atoms with E-state index in [2.05, 4.69) is 10.2 Å². The highest BCUT2D eigenvalue weighted by Gasteiger charge is 2.10. The van der Waals surface area contributed by atoms with Crippen LogP contribution in [-0.2, 0) is 4.74 Å². The molecule has 0 amide bonds. The maximum Gasteiger partial charge on any atom is 0.191 e. The zero-order valence-electron chi connectivity index (χ0n) is 4.96. The monoisotopic (exact) mass is 112 g/mol. The van der Waals surface area contributed by atoms with E-state index in [1.54, 1.807) is 13.3 Å². The Labute approximate surface area is 48.1 Å². The van der Waals surface area contributed by atoms with Gasteiger partial charge in [0.25, 0.3) is 0 Å². The van der Waals surface area contributed by atoms with Crippen molar-refractivity contribution in [2.45, 2.75) is 13.2 Å². The lowest BCUT2D eigenvalue weighted by molar-refractivity contribution is 0.138. The van der Waals surface area contributed by atoms with Gasteiger partial charge in [-0.3, -0.25) is 0 Å². The summed E-state index contributed by atoms with van der Waals surface area (Å²) in [5.41, 5.74) is 1.06. The third-order valence-electron chi connectivity index (χ3n) is 1.05. The van der Waals surface area contributed by atoms with Crippen LogP contribution in [0.25, 0.3) is 0 Å². The SMILES string of the molecule is COC1N=NC=C1C. The second-order valence-corrected chi connectivity index (χ2v) is 1.69. The van der Waals surface area contributed by atoms with Crippen molar-refractivity contribution in [3.8, 4) is 0 Å². The third kappa shape index (κ3) is 0.767. The Kier molecular flexibility index (Phi) is 1.39. The molecule has 0 spiro atoms. The van der Waals surface area contributed by atoms with Crippen LogP contribution in [0.1, 0.15) is 6.92 Å². The summed E-state index contributed by atoms with van der Waals surface area (Å²) in [6.45, 7) is 1.94. The van der Waals surface area contributed by atoms with Gasteiger partial charge in [-0.15, -0.1) is 0 Å². The summed E-state index contributed by atoms with van der Waals surface area (Å²) in [4.78, 5) is 0. The molecular weight excluding hydrogens is 104 g/mol. The minimum atomic E-state index is -0.116. The number of nitrogens with zero attached hydrogens (tertiary/aromatic N) is 2. The van der Waals surface area contributed by atoms with Crippen LogP contribution in [0.4, 0.5) is 0 Å². The highest BCUT2D eigenvalue weighted by molar-refractivity contribution is 5.06. The van der Waals surface area contributed by atoms with Crippen molar-refractivity contribution < 1.29 is 4.74 Å². The fraction of sp³-hybridized carbons (Fsp3) is 0.600. The lowest BCUT2D eigenvalue weighted by Gasteiger charge is -2.01. The summed E-state index contributed by atoms with van der Waals surface area (Å²) >= 11 is 0. The van der Waals surface area contributed by atoms with Gasteiger partial charge in [-0.1, -0.05) is 0 Å². The van der Waals surface area contributed by atoms with E-state index in [1.807, 2.05) is 6.92 Å². The Morgan fingerprint density at radius 2 is 2.50 bits per heavy atom. The van der Waals surface area contributed by atoms with Gasteiger partial charge in [0.1, 0.15) is 0 Å². The molecule has 1 aliphatic heterocycles. The smallest absolute Gasteiger partial charge is 0.191 e. The molecule has 0 aliphatic carbocycles. The zero-order valence-corrected chi connectivity index (χ0v) is 4.96. The molecule has 1 heterocycles. The van der Waals surface area contributed by atoms with Gasteiger partial charge < -0.3 is 4.74 Å². The highest BCUT2D eigenvalue weighted by atomic mass is 16.5. The topological polar surface area (TPSA) is 34.0 Å². The first-order valence-corrected chi connectivity index (χ1v) is 2.44. The molecule has 3 heteroatoms. The first-order valence-electron chi connectivity index (χ1n) is 2.44. The van der Waals surface area contributed by atoms with E-state index in [-0.39, 0.29) is 6.23 Å². The van der Waals surface area contributed by atoms with Crippen molar-refractivity contribution in [2.24, 2.45) is 10.2 Å². The number of hydrogen-bond acceptors (Lipinski definition) is 3. The fourth-order valence-corrected chi connectivity index (χ4v) is 0.573. The molecule has 1 unspecified atom stereocenters. The van der Waals surface area contributed by atoms with Crippen molar-refractivity contribution in [3.05, 3.63) is 11.8 Å². The Hall–Kier alpha value is -0.700. The quantitative estimate of drug-likeness (QED) is 0.503. The summed E-state index contributed by atoms with van der Waals surface area (Å²) in [6, 6.07) is 0. The molecule has 1 atom stereocenters. The molecule has 0 fully saturated rings. The predicted octanol–water partition coefficient (Wildman–Crippen LogP) is 1.33. The van der Waals surface area contributed by atoms with Crippen molar-refractivity contribution in [2.75, 3.05) is 7.11 Å². The number of hydrogen-bond donors (Lipinski definition) is 0. The summed E-state index contributed by atoms with van der Waals surface area (Å²) in [5, 5.41) is 7.40. The molecule has 1 aliphatic rings. The van der Waals surface area contributed by atoms with Crippen LogP contribution >= 0.6 is 0 Å². The van der Waals surface area contributed by atoms with E-state index in [4.69, 9.17) is 4.74 Å². The van der Waals surface area contributed by atoms with Crippen molar-refractivity contribution >= 4 is 0 Å². The fourth-order valence-electron chi connectivity index (χ4n) is 0.573. The Balaban J connectivity index is 2.58. The summed E-state index contributed by atoms with van der Waals surface area (Å²) in [6.07, 6.45) is 1.59. The largest absolute Gasteiger partial charge is 0.354 e. The first kappa shape index (κ1) is 5.44. The molecule has 0 saturated heterocycles. The normalized spacial score (nSPS) is 26.2. The van der Waals surface area contributed by atoms with Gasteiger partial charge in [0.05, 0.1) is 6.20 Å². The second-order valence-electron chi connectivity index (χ2n) is 1.69. The number of rotatable bonds is 1. The van der Waals surface area contributed by atoms with Crippen molar-refractivity contribution in [1.29, 1.82) is 0 Å². The van der Waals surface area contributed by atoms with Gasteiger partial charge in [-0.2, -0.15) is 10.2 Å². The molecule has 0 bridgehead atoms. The Bertz CT molecular complexity index is 139. The predicted molar refractivity (Wildman–Crippen MR) is 29.4 cm³/mol. The minimum Gasteiger partial charge on any atom is -0.354 e. The van der Waals surface area contributed by atoms with Crippen molar-refractivity contribution in [1.82, 2.24) is 0 Å². The number of azo groups is 1. The molecule has 0 aromatic rings. The van der Waals surface area contributed by atoms with E-state index in [1.165, 1.54) is 0 Å². The molecule has 0 aromatic heterocycles. The third-order valence-corrected chi connectivity index (χ3v) is 1.05. The minimum absolute atomic E-state index is 0.116. The lowest BCUT2D eigenvalue weighted by Crippen LogP contribution is -2.03. The maximum atomic E-state index is 4.89. The number of ether oxygens (including phenoxy) is 1. The van der Waals surface area contributed by atoms with Crippen LogP contribution in [0.3, 0.4) is 0 Å². The molecule has 0 saturated carbocycles. The molecule has 0 radical (unpaired) electrons. The van der Waals surface area contributed by atoms with Gasteiger partial charge in [-0.05, 0) is 12.5 Å². The van der Waals surface area contributed by atoms with Gasteiger partial charge in [-0.25, -0.2) is 0 Å². The van der Waals surface area contributed by atoms with Crippen LogP contribution in [-0.4, -0.2) is 13.3 Å². The lowest BCUT2D eigenvalue weighted by atomic mass is 10.3. The summed E-state index contributed by atoms with van der Waals surface area (Å²) in [5.74, 6) is 0. The summed E-state index contributed by atoms with van der Waals surface area (Å²) < 4.78 is 4.89. The Morgan fingerprint density at radius 3 is 2.75 bits per heavy atom. The van der Waals surface area contributed by atoms with Crippen LogP contribution in [0.15, 0.2) is 22.0 Å². The molecule has 3 nitrogen and oxygen atoms in total. The Morgan fingerprint density at radius 1 is 1.75 bits per heavy atom. The first-order chi connectivity index (χ1) is 3.84. The van der Waals surface area contributed by atoms with E-state index in [0.29, 0.717) is 0 Å². The average Bonchev–Trinajstić information content (AvgIpc) is 2.14. The molecule has 8 heavy (non-hydrogen) atoms.